The molecule has 2 saturated heterocycles. The van der Waals surface area contributed by atoms with Crippen LogP contribution < -0.4 is 15.8 Å². The Morgan fingerprint density at radius 2 is 1.94 bits per heavy atom. The standard InChI is InChI=1S/C24H30N6O2S/c1-17-14-21(31)30-23(25-17)33-24(27-30)29-11-5-8-19(16-29)22(32)26-20-9-12-28(13-10-20)15-18-6-3-2-4-7-18/h2-4,6-7,14,19-20H,5,8-13,15-16H2,1H3,(H,26,32)/t19-/m0/s1. The van der Waals surface area contributed by atoms with Crippen molar-refractivity contribution in [2.24, 2.45) is 5.92 Å². The average molecular weight is 467 g/mol. The average Bonchev–Trinajstić information content (AvgIpc) is 3.26. The summed E-state index contributed by atoms with van der Waals surface area (Å²) in [6.07, 6.45) is 3.80. The molecular formula is C24H30N6O2S. The lowest BCUT2D eigenvalue weighted by atomic mass is 9.96. The van der Waals surface area contributed by atoms with Gasteiger partial charge in [0.2, 0.25) is 16.0 Å². The quantitative estimate of drug-likeness (QED) is 0.622. The number of anilines is 1. The van der Waals surface area contributed by atoms with Crippen LogP contribution in [0.5, 0.6) is 0 Å². The Kier molecular flexibility index (Phi) is 6.41. The van der Waals surface area contributed by atoms with Crippen molar-refractivity contribution in [1.29, 1.82) is 0 Å². The van der Waals surface area contributed by atoms with E-state index in [2.05, 4.69) is 49.5 Å². The van der Waals surface area contributed by atoms with Gasteiger partial charge in [-0.3, -0.25) is 14.5 Å². The van der Waals surface area contributed by atoms with E-state index in [9.17, 15) is 9.59 Å². The van der Waals surface area contributed by atoms with Crippen LogP contribution in [0.2, 0.25) is 0 Å². The van der Waals surface area contributed by atoms with Crippen LogP contribution in [0.25, 0.3) is 4.96 Å². The minimum atomic E-state index is -0.162. The first-order valence-electron chi connectivity index (χ1n) is 11.7. The van der Waals surface area contributed by atoms with Gasteiger partial charge in [0.25, 0.3) is 5.56 Å². The number of likely N-dealkylation sites (tertiary alicyclic amines) is 1. The van der Waals surface area contributed by atoms with Crippen molar-refractivity contribution in [3.63, 3.8) is 0 Å². The smallest absolute Gasteiger partial charge is 0.275 e. The Bertz CT molecular complexity index is 1170. The van der Waals surface area contributed by atoms with Gasteiger partial charge in [0, 0.05) is 50.5 Å². The van der Waals surface area contributed by atoms with Crippen molar-refractivity contribution in [1.82, 2.24) is 24.8 Å². The maximum atomic E-state index is 13.1. The highest BCUT2D eigenvalue weighted by atomic mass is 32.1. The van der Waals surface area contributed by atoms with Gasteiger partial charge < -0.3 is 10.2 Å². The second-order valence-corrected chi connectivity index (χ2v) is 10.1. The molecule has 8 nitrogen and oxygen atoms in total. The molecule has 9 heteroatoms. The van der Waals surface area contributed by atoms with E-state index < -0.39 is 0 Å². The van der Waals surface area contributed by atoms with E-state index in [1.807, 2.05) is 13.0 Å². The number of benzene rings is 1. The number of carbonyl (C=O) groups excluding carboxylic acids is 1. The zero-order valence-electron chi connectivity index (χ0n) is 18.9. The number of rotatable bonds is 5. The van der Waals surface area contributed by atoms with Gasteiger partial charge in [0.1, 0.15) is 0 Å². The summed E-state index contributed by atoms with van der Waals surface area (Å²) >= 11 is 1.41. The van der Waals surface area contributed by atoms with Gasteiger partial charge in [-0.05, 0) is 38.2 Å². The van der Waals surface area contributed by atoms with Crippen molar-refractivity contribution >= 4 is 27.3 Å². The summed E-state index contributed by atoms with van der Waals surface area (Å²) in [6.45, 7) is 6.27. The number of nitrogens with zero attached hydrogens (tertiary/aromatic N) is 5. The summed E-state index contributed by atoms with van der Waals surface area (Å²) in [7, 11) is 0. The monoisotopic (exact) mass is 466 g/mol. The Morgan fingerprint density at radius 1 is 1.15 bits per heavy atom. The first kappa shape index (κ1) is 22.0. The van der Waals surface area contributed by atoms with Crippen molar-refractivity contribution < 1.29 is 4.79 Å². The molecule has 2 aliphatic heterocycles. The molecule has 0 aliphatic carbocycles. The fourth-order valence-corrected chi connectivity index (χ4v) is 5.79. The molecule has 0 spiro atoms. The summed E-state index contributed by atoms with van der Waals surface area (Å²) in [5.74, 6) is 0.0907. The third-order valence-corrected chi connectivity index (χ3v) is 7.58. The number of aromatic nitrogens is 3. The predicted octanol–water partition coefficient (Wildman–Crippen LogP) is 2.46. The Morgan fingerprint density at radius 3 is 2.73 bits per heavy atom. The van der Waals surface area contributed by atoms with Gasteiger partial charge in [-0.15, -0.1) is 5.10 Å². The van der Waals surface area contributed by atoms with E-state index in [-0.39, 0.29) is 23.4 Å². The highest BCUT2D eigenvalue weighted by molar-refractivity contribution is 7.20. The van der Waals surface area contributed by atoms with Gasteiger partial charge in [-0.25, -0.2) is 4.98 Å². The van der Waals surface area contributed by atoms with Crippen molar-refractivity contribution in [2.45, 2.75) is 45.2 Å². The lowest BCUT2D eigenvalue weighted by Crippen LogP contribution is -2.49. The van der Waals surface area contributed by atoms with Gasteiger partial charge in [0.05, 0.1) is 5.92 Å². The van der Waals surface area contributed by atoms with Crippen LogP contribution in [0.1, 0.15) is 36.9 Å². The van der Waals surface area contributed by atoms with E-state index in [0.29, 0.717) is 17.2 Å². The second-order valence-electron chi connectivity index (χ2n) is 9.14. The van der Waals surface area contributed by atoms with Crippen molar-refractivity contribution in [2.75, 3.05) is 31.1 Å². The van der Waals surface area contributed by atoms with Crippen LogP contribution in [0.4, 0.5) is 5.13 Å². The van der Waals surface area contributed by atoms with Crippen LogP contribution in [0, 0.1) is 12.8 Å². The largest absolute Gasteiger partial charge is 0.353 e. The number of fused-ring (bicyclic) bond motifs is 1. The molecule has 0 radical (unpaired) electrons. The summed E-state index contributed by atoms with van der Waals surface area (Å²) in [6, 6.07) is 12.3. The van der Waals surface area contributed by atoms with E-state index in [0.717, 1.165) is 57.0 Å². The van der Waals surface area contributed by atoms with Gasteiger partial charge in [-0.2, -0.15) is 4.52 Å². The molecule has 33 heavy (non-hydrogen) atoms. The summed E-state index contributed by atoms with van der Waals surface area (Å²) in [5, 5.41) is 8.55. The fourth-order valence-electron chi connectivity index (χ4n) is 4.80. The molecular weight excluding hydrogens is 436 g/mol. The topological polar surface area (TPSA) is 82.8 Å². The van der Waals surface area contributed by atoms with Gasteiger partial charge >= 0.3 is 0 Å². The molecule has 1 amide bonds. The van der Waals surface area contributed by atoms with Crippen LogP contribution >= 0.6 is 11.3 Å². The van der Waals surface area contributed by atoms with Crippen LogP contribution in [-0.2, 0) is 11.3 Å². The molecule has 2 aromatic heterocycles. The van der Waals surface area contributed by atoms with E-state index >= 15 is 0 Å². The molecule has 4 heterocycles. The maximum absolute atomic E-state index is 13.1. The summed E-state index contributed by atoms with van der Waals surface area (Å²) in [5.41, 5.74) is 1.87. The summed E-state index contributed by atoms with van der Waals surface area (Å²) in [4.78, 5) is 34.9. The third kappa shape index (κ3) is 5.09. The lowest BCUT2D eigenvalue weighted by Gasteiger charge is -2.35. The normalized spacial score (nSPS) is 20.3. The van der Waals surface area contributed by atoms with Gasteiger partial charge in [-0.1, -0.05) is 41.7 Å². The van der Waals surface area contributed by atoms with E-state index in [1.54, 1.807) is 0 Å². The molecule has 1 aromatic carbocycles. The minimum Gasteiger partial charge on any atom is -0.353 e. The number of hydrogen-bond donors (Lipinski definition) is 1. The van der Waals surface area contributed by atoms with E-state index in [1.165, 1.54) is 27.5 Å². The number of aryl methyl sites for hydroxylation is 1. The van der Waals surface area contributed by atoms with Crippen molar-refractivity contribution in [3.8, 4) is 0 Å². The zero-order valence-corrected chi connectivity index (χ0v) is 19.8. The zero-order chi connectivity index (χ0) is 22.8. The lowest BCUT2D eigenvalue weighted by molar-refractivity contribution is -0.126. The molecule has 1 atom stereocenters. The Balaban J connectivity index is 1.16. The highest BCUT2D eigenvalue weighted by Gasteiger charge is 2.30. The number of hydrogen-bond acceptors (Lipinski definition) is 7. The molecule has 2 aliphatic rings. The maximum Gasteiger partial charge on any atom is 0.275 e. The number of carbonyl (C=O) groups is 1. The number of amides is 1. The molecule has 5 rings (SSSR count). The Hall–Kier alpha value is -2.78. The third-order valence-electron chi connectivity index (χ3n) is 6.61. The molecule has 3 aromatic rings. The molecule has 1 N–H and O–H groups in total. The number of nitrogens with one attached hydrogen (secondary N) is 1. The van der Waals surface area contributed by atoms with E-state index in [4.69, 9.17) is 0 Å². The van der Waals surface area contributed by atoms with Crippen LogP contribution in [-0.4, -0.2) is 57.6 Å². The second kappa shape index (κ2) is 9.61. The number of piperidine rings is 2. The van der Waals surface area contributed by atoms with Crippen LogP contribution in [0.3, 0.4) is 0 Å². The molecule has 174 valence electrons. The first-order chi connectivity index (χ1) is 16.0. The predicted molar refractivity (Wildman–Crippen MR) is 130 cm³/mol. The first-order valence-corrected chi connectivity index (χ1v) is 12.6. The SMILES string of the molecule is Cc1cc(=O)n2nc(N3CCC[C@H](C(=O)NC4CCN(Cc5ccccc5)CC4)C3)sc2n1. The molecule has 0 unspecified atom stereocenters. The van der Waals surface area contributed by atoms with Crippen molar-refractivity contribution in [3.05, 3.63) is 58.0 Å². The highest BCUT2D eigenvalue weighted by Crippen LogP contribution is 2.27. The van der Waals surface area contributed by atoms with Crippen LogP contribution in [0.15, 0.2) is 41.2 Å². The molecule has 0 saturated carbocycles. The van der Waals surface area contributed by atoms with Gasteiger partial charge in [0.15, 0.2) is 0 Å². The Labute approximate surface area is 197 Å². The fraction of sp³-hybridized carbons (Fsp3) is 0.500. The molecule has 0 bridgehead atoms. The minimum absolute atomic E-state index is 0.0560. The molecule has 2 fully saturated rings. The summed E-state index contributed by atoms with van der Waals surface area (Å²) < 4.78 is 1.36.